The summed E-state index contributed by atoms with van der Waals surface area (Å²) in [5.41, 5.74) is 1.74. The second kappa shape index (κ2) is 11.0. The molecule has 1 fully saturated rings. The molecule has 0 N–H and O–H groups in total. The number of rotatable bonds is 7. The van der Waals surface area contributed by atoms with Crippen molar-refractivity contribution < 1.29 is 19.1 Å². The van der Waals surface area contributed by atoms with Gasteiger partial charge < -0.3 is 14.4 Å². The Bertz CT molecular complexity index is 957. The molecule has 1 aliphatic heterocycles. The number of nitriles is 1. The summed E-state index contributed by atoms with van der Waals surface area (Å²) < 4.78 is 10.2. The molecule has 0 saturated carbocycles. The number of hydrogen-bond acceptors (Lipinski definition) is 6. The number of esters is 1. The average molecular weight is 419 g/mol. The first-order chi connectivity index (χ1) is 15.1. The lowest BCUT2D eigenvalue weighted by Crippen LogP contribution is -2.49. The van der Waals surface area contributed by atoms with Crippen LogP contribution in [0.1, 0.15) is 11.1 Å². The quantitative estimate of drug-likeness (QED) is 0.390. The van der Waals surface area contributed by atoms with Crippen LogP contribution in [-0.4, -0.2) is 61.6 Å². The molecule has 31 heavy (non-hydrogen) atoms. The van der Waals surface area contributed by atoms with Gasteiger partial charge in [-0.2, -0.15) is 5.26 Å². The molecule has 0 spiro atoms. The maximum atomic E-state index is 12.4. The zero-order valence-electron chi connectivity index (χ0n) is 17.5. The number of hydrogen-bond donors (Lipinski definition) is 0. The van der Waals surface area contributed by atoms with Gasteiger partial charge in [0.1, 0.15) is 17.4 Å². The Kier molecular flexibility index (Phi) is 7.79. The number of carbonyl (C=O) groups excluding carboxylic acids is 2. The van der Waals surface area contributed by atoms with Crippen molar-refractivity contribution in [2.24, 2.45) is 0 Å². The summed E-state index contributed by atoms with van der Waals surface area (Å²) >= 11 is 0. The van der Waals surface area contributed by atoms with Crippen molar-refractivity contribution in [3.63, 3.8) is 0 Å². The van der Waals surface area contributed by atoms with Crippen LogP contribution in [0.5, 0.6) is 5.75 Å². The highest BCUT2D eigenvalue weighted by molar-refractivity contribution is 5.98. The Morgan fingerprint density at radius 3 is 2.32 bits per heavy atom. The average Bonchev–Trinajstić information content (AvgIpc) is 2.82. The summed E-state index contributed by atoms with van der Waals surface area (Å²) in [6.07, 6.45) is 1.43. The van der Waals surface area contributed by atoms with Crippen molar-refractivity contribution in [2.75, 3.05) is 39.9 Å². The standard InChI is InChI=1S/C24H25N3O4/c1-30-22-9-7-19(8-10-22)15-21(16-25)24(29)31-18-23(28)27-13-11-26(12-14-27)17-20-5-3-2-4-6-20/h2-10,15H,11-14,17-18H2,1H3/b21-15-. The smallest absolute Gasteiger partial charge is 0.349 e. The Labute approximate surface area is 182 Å². The van der Waals surface area contributed by atoms with E-state index in [2.05, 4.69) is 17.0 Å². The third-order valence-corrected chi connectivity index (χ3v) is 5.07. The Hall–Kier alpha value is -3.63. The SMILES string of the molecule is COc1ccc(/C=C(/C#N)C(=O)OCC(=O)N2CCN(Cc3ccccc3)CC2)cc1. The summed E-state index contributed by atoms with van der Waals surface area (Å²) in [6.45, 7) is 3.15. The first-order valence-electron chi connectivity index (χ1n) is 10.1. The number of ether oxygens (including phenoxy) is 2. The van der Waals surface area contributed by atoms with Crippen molar-refractivity contribution in [2.45, 2.75) is 6.54 Å². The molecule has 7 heteroatoms. The Morgan fingerprint density at radius 1 is 1.03 bits per heavy atom. The molecule has 0 atom stereocenters. The molecule has 3 rings (SSSR count). The highest BCUT2D eigenvalue weighted by Gasteiger charge is 2.22. The molecule has 2 aromatic carbocycles. The largest absolute Gasteiger partial charge is 0.497 e. The number of nitrogens with zero attached hydrogens (tertiary/aromatic N) is 3. The molecule has 1 aliphatic rings. The van der Waals surface area contributed by atoms with E-state index < -0.39 is 5.97 Å². The third-order valence-electron chi connectivity index (χ3n) is 5.07. The van der Waals surface area contributed by atoms with E-state index in [1.165, 1.54) is 11.6 Å². The predicted molar refractivity (Wildman–Crippen MR) is 116 cm³/mol. The van der Waals surface area contributed by atoms with Gasteiger partial charge in [0.2, 0.25) is 0 Å². The fraction of sp³-hybridized carbons (Fsp3) is 0.292. The fourth-order valence-corrected chi connectivity index (χ4v) is 3.30. The maximum absolute atomic E-state index is 12.4. The molecular formula is C24H25N3O4. The number of methoxy groups -OCH3 is 1. The summed E-state index contributed by atoms with van der Waals surface area (Å²) in [6, 6.07) is 18.9. The van der Waals surface area contributed by atoms with Gasteiger partial charge in [-0.05, 0) is 29.3 Å². The molecule has 2 aromatic rings. The summed E-state index contributed by atoms with van der Waals surface area (Å²) in [4.78, 5) is 28.6. The van der Waals surface area contributed by atoms with Gasteiger partial charge >= 0.3 is 5.97 Å². The van der Waals surface area contributed by atoms with Crippen LogP contribution in [0.4, 0.5) is 0 Å². The van der Waals surface area contributed by atoms with Gasteiger partial charge in [0.05, 0.1) is 7.11 Å². The Morgan fingerprint density at radius 2 is 1.71 bits per heavy atom. The van der Waals surface area contributed by atoms with Crippen LogP contribution in [-0.2, 0) is 20.9 Å². The molecule has 1 saturated heterocycles. The maximum Gasteiger partial charge on any atom is 0.349 e. The molecule has 1 heterocycles. The molecule has 0 aromatic heterocycles. The minimum atomic E-state index is -0.811. The zero-order valence-corrected chi connectivity index (χ0v) is 17.5. The van der Waals surface area contributed by atoms with Crippen LogP contribution in [0.3, 0.4) is 0 Å². The van der Waals surface area contributed by atoms with Crippen LogP contribution in [0.25, 0.3) is 6.08 Å². The van der Waals surface area contributed by atoms with Crippen molar-refractivity contribution in [1.82, 2.24) is 9.80 Å². The minimum absolute atomic E-state index is 0.161. The number of amides is 1. The van der Waals surface area contributed by atoms with E-state index in [9.17, 15) is 14.9 Å². The molecule has 7 nitrogen and oxygen atoms in total. The first-order valence-corrected chi connectivity index (χ1v) is 10.1. The van der Waals surface area contributed by atoms with Crippen molar-refractivity contribution in [1.29, 1.82) is 5.26 Å². The molecule has 0 radical (unpaired) electrons. The van der Waals surface area contributed by atoms with E-state index in [1.807, 2.05) is 24.3 Å². The van der Waals surface area contributed by atoms with Gasteiger partial charge in [-0.1, -0.05) is 42.5 Å². The molecule has 0 aliphatic carbocycles. The van der Waals surface area contributed by atoms with Gasteiger partial charge in [0.25, 0.3) is 5.91 Å². The van der Waals surface area contributed by atoms with E-state index in [0.29, 0.717) is 24.4 Å². The van der Waals surface area contributed by atoms with Crippen molar-refractivity contribution in [3.8, 4) is 11.8 Å². The van der Waals surface area contributed by atoms with Crippen molar-refractivity contribution in [3.05, 3.63) is 71.3 Å². The van der Waals surface area contributed by atoms with Crippen molar-refractivity contribution >= 4 is 18.0 Å². The topological polar surface area (TPSA) is 82.9 Å². The summed E-state index contributed by atoms with van der Waals surface area (Å²) in [5.74, 6) is -0.392. The lowest BCUT2D eigenvalue weighted by Gasteiger charge is -2.34. The fourth-order valence-electron chi connectivity index (χ4n) is 3.30. The number of piperazine rings is 1. The lowest BCUT2D eigenvalue weighted by molar-refractivity contribution is -0.149. The highest BCUT2D eigenvalue weighted by Crippen LogP contribution is 2.14. The van der Waals surface area contributed by atoms with Crippen LogP contribution >= 0.6 is 0 Å². The monoisotopic (exact) mass is 419 g/mol. The molecular weight excluding hydrogens is 394 g/mol. The van der Waals surface area contributed by atoms with Crippen LogP contribution in [0.2, 0.25) is 0 Å². The molecule has 0 unspecified atom stereocenters. The first kappa shape index (κ1) is 22.1. The zero-order chi connectivity index (χ0) is 22.1. The molecule has 0 bridgehead atoms. The van der Waals surface area contributed by atoms with Crippen LogP contribution in [0, 0.1) is 11.3 Å². The number of carbonyl (C=O) groups is 2. The number of benzene rings is 2. The lowest BCUT2D eigenvalue weighted by atomic mass is 10.1. The van der Waals surface area contributed by atoms with E-state index in [-0.39, 0.29) is 18.1 Å². The van der Waals surface area contributed by atoms with Gasteiger partial charge in [0.15, 0.2) is 6.61 Å². The Balaban J connectivity index is 1.46. The molecule has 160 valence electrons. The van der Waals surface area contributed by atoms with E-state index >= 15 is 0 Å². The van der Waals surface area contributed by atoms with E-state index in [0.717, 1.165) is 19.6 Å². The van der Waals surface area contributed by atoms with Gasteiger partial charge in [-0.3, -0.25) is 9.69 Å². The van der Waals surface area contributed by atoms with E-state index in [4.69, 9.17) is 9.47 Å². The second-order valence-electron chi connectivity index (χ2n) is 7.16. The van der Waals surface area contributed by atoms with Crippen LogP contribution in [0.15, 0.2) is 60.2 Å². The second-order valence-corrected chi connectivity index (χ2v) is 7.16. The summed E-state index contributed by atoms with van der Waals surface area (Å²) in [7, 11) is 1.56. The highest BCUT2D eigenvalue weighted by atomic mass is 16.5. The van der Waals surface area contributed by atoms with Gasteiger partial charge in [-0.15, -0.1) is 0 Å². The van der Waals surface area contributed by atoms with Crippen LogP contribution < -0.4 is 4.74 Å². The predicted octanol–water partition coefficient (Wildman–Crippen LogP) is 2.49. The summed E-state index contributed by atoms with van der Waals surface area (Å²) in [5, 5.41) is 9.28. The minimum Gasteiger partial charge on any atom is -0.497 e. The normalized spacial score (nSPS) is 14.6. The molecule has 1 amide bonds. The van der Waals surface area contributed by atoms with E-state index in [1.54, 1.807) is 36.3 Å². The van der Waals surface area contributed by atoms with Gasteiger partial charge in [-0.25, -0.2) is 4.79 Å². The third kappa shape index (κ3) is 6.43. The van der Waals surface area contributed by atoms with Gasteiger partial charge in [0, 0.05) is 32.7 Å².